The van der Waals surface area contributed by atoms with E-state index < -0.39 is 18.2 Å². The van der Waals surface area contributed by atoms with Crippen LogP contribution in [0.25, 0.3) is 0 Å². The molecule has 0 aromatic rings. The van der Waals surface area contributed by atoms with Gasteiger partial charge in [0.25, 0.3) is 0 Å². The maximum atomic E-state index is 13.2. The van der Waals surface area contributed by atoms with Crippen LogP contribution in [0.4, 0.5) is 0 Å². The standard InChI is InChI=1S/C33H60O6/c1-18(2)14-27-25(20(5)6)17-26(21(7)8)32(36-27)39-33(38-29(35)16-24(13)34)31(23(11)12)30(22(9)10)28(37-33)15-19(3)4/h18-23,25-28,30-32H,14-17H2,1-13H3. The average molecular weight is 553 g/mol. The predicted octanol–water partition coefficient (Wildman–Crippen LogP) is 7.87. The monoisotopic (exact) mass is 552 g/mol. The highest BCUT2D eigenvalue weighted by molar-refractivity contribution is 5.94. The summed E-state index contributed by atoms with van der Waals surface area (Å²) in [6, 6.07) is 0. The second-order valence-corrected chi connectivity index (χ2v) is 14.7. The average Bonchev–Trinajstić information content (AvgIpc) is 3.04. The second-order valence-electron chi connectivity index (χ2n) is 14.7. The quantitative estimate of drug-likeness (QED) is 0.131. The van der Waals surface area contributed by atoms with Gasteiger partial charge >= 0.3 is 11.9 Å². The molecule has 8 atom stereocenters. The Bertz CT molecular complexity index is 787. The Kier molecular flexibility index (Phi) is 12.5. The number of ketones is 1. The maximum absolute atomic E-state index is 13.2. The normalized spacial score (nSPS) is 33.8. The SMILES string of the molecule is CC(=O)CC(=O)OC1(OC2OC(CC(C)C)C(C(C)C)CC2C(C)C)OC(CC(C)C)C(C(C)C)C1C(C)C. The zero-order chi connectivity index (χ0) is 29.8. The molecule has 0 amide bonds. The molecule has 2 aliphatic heterocycles. The lowest BCUT2D eigenvalue weighted by atomic mass is 9.73. The smallest absolute Gasteiger partial charge is 0.335 e. The molecule has 6 nitrogen and oxygen atoms in total. The van der Waals surface area contributed by atoms with Crippen LogP contribution in [0.1, 0.15) is 116 Å². The fourth-order valence-electron chi connectivity index (χ4n) is 7.03. The Morgan fingerprint density at radius 1 is 0.769 bits per heavy atom. The van der Waals surface area contributed by atoms with Gasteiger partial charge in [-0.05, 0) is 73.5 Å². The third-order valence-corrected chi connectivity index (χ3v) is 8.79. The summed E-state index contributed by atoms with van der Waals surface area (Å²) in [5, 5.41) is 0. The molecule has 39 heavy (non-hydrogen) atoms. The Balaban J connectivity index is 2.61. The molecule has 228 valence electrons. The van der Waals surface area contributed by atoms with Crippen molar-refractivity contribution in [2.24, 2.45) is 59.2 Å². The first-order chi connectivity index (χ1) is 18.0. The van der Waals surface area contributed by atoms with Crippen LogP contribution in [-0.4, -0.2) is 36.2 Å². The van der Waals surface area contributed by atoms with Crippen molar-refractivity contribution in [2.75, 3.05) is 0 Å². The van der Waals surface area contributed by atoms with Gasteiger partial charge in [-0.15, -0.1) is 0 Å². The van der Waals surface area contributed by atoms with Gasteiger partial charge in [-0.2, -0.15) is 0 Å². The van der Waals surface area contributed by atoms with Gasteiger partial charge in [0.15, 0.2) is 6.29 Å². The zero-order valence-corrected chi connectivity index (χ0v) is 27.3. The number of carbonyl (C=O) groups excluding carboxylic acids is 2. The predicted molar refractivity (Wildman–Crippen MR) is 156 cm³/mol. The fraction of sp³-hybridized carbons (Fsp3) is 0.939. The van der Waals surface area contributed by atoms with Gasteiger partial charge in [0.05, 0.1) is 18.1 Å². The van der Waals surface area contributed by atoms with Crippen LogP contribution in [0.5, 0.6) is 0 Å². The number of hydrogen-bond acceptors (Lipinski definition) is 6. The van der Waals surface area contributed by atoms with Gasteiger partial charge in [-0.25, -0.2) is 0 Å². The topological polar surface area (TPSA) is 71.1 Å². The molecule has 0 saturated carbocycles. The van der Waals surface area contributed by atoms with Crippen LogP contribution in [0, 0.1) is 59.2 Å². The minimum Gasteiger partial charge on any atom is -0.407 e. The summed E-state index contributed by atoms with van der Waals surface area (Å²) in [5.74, 6) is 0.175. The Hall–Kier alpha value is -0.980. The van der Waals surface area contributed by atoms with E-state index >= 15 is 0 Å². The van der Waals surface area contributed by atoms with Crippen molar-refractivity contribution < 1.29 is 28.5 Å². The van der Waals surface area contributed by atoms with E-state index in [2.05, 4.69) is 83.1 Å². The van der Waals surface area contributed by atoms with Crippen molar-refractivity contribution in [1.29, 1.82) is 0 Å². The molecule has 0 N–H and O–H groups in total. The first-order valence-corrected chi connectivity index (χ1v) is 15.7. The van der Waals surface area contributed by atoms with Crippen LogP contribution >= 0.6 is 0 Å². The van der Waals surface area contributed by atoms with Gasteiger partial charge in [-0.1, -0.05) is 83.1 Å². The molecule has 2 rings (SSSR count). The van der Waals surface area contributed by atoms with Crippen molar-refractivity contribution in [2.45, 2.75) is 140 Å². The molecule has 0 aromatic heterocycles. The Labute approximate surface area is 239 Å². The molecule has 0 bridgehead atoms. The second kappa shape index (κ2) is 14.3. The fourth-order valence-corrected chi connectivity index (χ4v) is 7.03. The lowest BCUT2D eigenvalue weighted by molar-refractivity contribution is -0.432. The molecule has 6 heteroatoms. The number of Topliss-reactive ketones (excluding diaryl/α,β-unsaturated/α-hetero) is 1. The molecule has 0 aliphatic carbocycles. The van der Waals surface area contributed by atoms with Crippen molar-refractivity contribution >= 4 is 11.8 Å². The summed E-state index contributed by atoms with van der Waals surface area (Å²) < 4.78 is 26.9. The summed E-state index contributed by atoms with van der Waals surface area (Å²) in [4.78, 5) is 25.1. The molecule has 8 unspecified atom stereocenters. The third-order valence-electron chi connectivity index (χ3n) is 8.79. The summed E-state index contributed by atoms with van der Waals surface area (Å²) in [7, 11) is 0. The van der Waals surface area contributed by atoms with Gasteiger partial charge in [-0.3, -0.25) is 14.3 Å². The van der Waals surface area contributed by atoms with E-state index in [1.165, 1.54) is 6.92 Å². The molecule has 2 aliphatic rings. The maximum Gasteiger partial charge on any atom is 0.335 e. The van der Waals surface area contributed by atoms with Crippen LogP contribution in [-0.2, 0) is 28.5 Å². The van der Waals surface area contributed by atoms with Gasteiger partial charge in [0.2, 0.25) is 0 Å². The first-order valence-electron chi connectivity index (χ1n) is 15.7. The van der Waals surface area contributed by atoms with E-state index in [4.69, 9.17) is 18.9 Å². The number of rotatable bonds is 13. The molecule has 2 heterocycles. The number of ether oxygens (including phenoxy) is 4. The Morgan fingerprint density at radius 3 is 1.74 bits per heavy atom. The van der Waals surface area contributed by atoms with Crippen molar-refractivity contribution in [1.82, 2.24) is 0 Å². The van der Waals surface area contributed by atoms with E-state index in [0.717, 1.165) is 19.3 Å². The largest absolute Gasteiger partial charge is 0.407 e. The van der Waals surface area contributed by atoms with Crippen molar-refractivity contribution in [3.05, 3.63) is 0 Å². The molecule has 2 saturated heterocycles. The van der Waals surface area contributed by atoms with Crippen molar-refractivity contribution in [3.8, 4) is 0 Å². The summed E-state index contributed by atoms with van der Waals surface area (Å²) in [6.45, 7) is 28.0. The molecular formula is C33H60O6. The lowest BCUT2D eigenvalue weighted by Gasteiger charge is -2.48. The highest BCUT2D eigenvalue weighted by Crippen LogP contribution is 2.53. The number of carbonyl (C=O) groups is 2. The summed E-state index contributed by atoms with van der Waals surface area (Å²) in [5.41, 5.74) is 0. The van der Waals surface area contributed by atoms with E-state index in [-0.39, 0.29) is 48.1 Å². The van der Waals surface area contributed by atoms with Crippen LogP contribution < -0.4 is 0 Å². The molecule has 2 fully saturated rings. The van der Waals surface area contributed by atoms with Crippen LogP contribution in [0.2, 0.25) is 0 Å². The van der Waals surface area contributed by atoms with Gasteiger partial charge < -0.3 is 14.2 Å². The lowest BCUT2D eigenvalue weighted by Crippen LogP contribution is -2.55. The van der Waals surface area contributed by atoms with Gasteiger partial charge in [0.1, 0.15) is 12.2 Å². The van der Waals surface area contributed by atoms with Crippen molar-refractivity contribution in [3.63, 3.8) is 0 Å². The van der Waals surface area contributed by atoms with E-state index in [9.17, 15) is 9.59 Å². The highest BCUT2D eigenvalue weighted by Gasteiger charge is 2.62. The number of hydrogen-bond donors (Lipinski definition) is 0. The van der Waals surface area contributed by atoms with E-state index in [1.807, 2.05) is 0 Å². The van der Waals surface area contributed by atoms with Crippen LogP contribution in [0.3, 0.4) is 0 Å². The summed E-state index contributed by atoms with van der Waals surface area (Å²) >= 11 is 0. The zero-order valence-electron chi connectivity index (χ0n) is 27.3. The molecular weight excluding hydrogens is 492 g/mol. The molecule has 0 radical (unpaired) electrons. The summed E-state index contributed by atoms with van der Waals surface area (Å²) in [6.07, 6.45) is 1.84. The highest BCUT2D eigenvalue weighted by atomic mass is 16.9. The van der Waals surface area contributed by atoms with Gasteiger partial charge in [0, 0.05) is 5.92 Å². The minimum atomic E-state index is -1.60. The van der Waals surface area contributed by atoms with E-state index in [0.29, 0.717) is 35.5 Å². The van der Waals surface area contributed by atoms with E-state index in [1.54, 1.807) is 0 Å². The first kappa shape index (κ1) is 34.2. The number of esters is 1. The van der Waals surface area contributed by atoms with Crippen LogP contribution in [0.15, 0.2) is 0 Å². The molecule has 0 aromatic carbocycles. The third kappa shape index (κ3) is 8.75. The minimum absolute atomic E-state index is 0.0567. The molecule has 0 spiro atoms. The Morgan fingerprint density at radius 2 is 1.31 bits per heavy atom.